The minimum Gasteiger partial charge on any atom is -0.504 e. The first-order valence-corrected chi connectivity index (χ1v) is 12.4. The average molecular weight is 502 g/mol. The van der Waals surface area contributed by atoms with E-state index in [1.54, 1.807) is 12.1 Å². The van der Waals surface area contributed by atoms with Gasteiger partial charge in [0.2, 0.25) is 11.8 Å². The van der Waals surface area contributed by atoms with Crippen LogP contribution >= 0.6 is 0 Å². The van der Waals surface area contributed by atoms with Crippen LogP contribution < -0.4 is 15.2 Å². The Morgan fingerprint density at radius 3 is 2.51 bits per heavy atom. The highest BCUT2D eigenvalue weighted by atomic mass is 16.5. The number of amidine groups is 2. The number of rotatable bonds is 8. The standard InChI is InChI=1S/C27H31N7O3/c1-33-13-10-30-27(33)19-6-5-7-20(14-19)36-24-16-25(32-23(31-24)17-34-11-3-2-4-12-34)37-22-15-18(26(28)29)8-9-21(22)35/h5-9,14-16,35H,2-4,10-13,17H2,1H3,(H3,28,29). The summed E-state index contributed by atoms with van der Waals surface area (Å²) in [4.78, 5) is 18.3. The second kappa shape index (κ2) is 10.8. The second-order valence-electron chi connectivity index (χ2n) is 9.25. The average Bonchev–Trinajstić information content (AvgIpc) is 3.32. The number of nitrogens with one attached hydrogen (secondary N) is 1. The smallest absolute Gasteiger partial charge is 0.226 e. The third kappa shape index (κ3) is 5.97. The molecule has 10 nitrogen and oxygen atoms in total. The Morgan fingerprint density at radius 2 is 1.78 bits per heavy atom. The highest BCUT2D eigenvalue weighted by Gasteiger charge is 2.18. The van der Waals surface area contributed by atoms with Crippen molar-refractivity contribution in [2.45, 2.75) is 25.8 Å². The van der Waals surface area contributed by atoms with Crippen LogP contribution in [-0.4, -0.2) is 69.8 Å². The molecule has 37 heavy (non-hydrogen) atoms. The van der Waals surface area contributed by atoms with Gasteiger partial charge in [-0.3, -0.25) is 15.3 Å². The molecular formula is C27H31N7O3. The topological polar surface area (TPSA) is 133 Å². The van der Waals surface area contributed by atoms with Crippen LogP contribution in [0.3, 0.4) is 0 Å². The predicted octanol–water partition coefficient (Wildman–Crippen LogP) is 3.73. The Balaban J connectivity index is 1.44. The first-order valence-electron chi connectivity index (χ1n) is 12.4. The molecule has 0 spiro atoms. The van der Waals surface area contributed by atoms with Crippen LogP contribution in [0.15, 0.2) is 53.5 Å². The number of nitrogens with two attached hydrogens (primary N) is 1. The molecule has 0 amide bonds. The molecular weight excluding hydrogens is 470 g/mol. The Bertz CT molecular complexity index is 1320. The van der Waals surface area contributed by atoms with Crippen LogP contribution in [0.2, 0.25) is 0 Å². The molecule has 0 saturated carbocycles. The van der Waals surface area contributed by atoms with E-state index in [9.17, 15) is 5.11 Å². The Morgan fingerprint density at radius 1 is 1.00 bits per heavy atom. The van der Waals surface area contributed by atoms with E-state index in [1.165, 1.54) is 18.6 Å². The normalized spacial score (nSPS) is 15.9. The molecule has 3 heterocycles. The third-order valence-electron chi connectivity index (χ3n) is 6.40. The van der Waals surface area contributed by atoms with Crippen molar-refractivity contribution in [3.63, 3.8) is 0 Å². The van der Waals surface area contributed by atoms with Gasteiger partial charge in [0, 0.05) is 24.7 Å². The molecule has 0 unspecified atom stereocenters. The Kier molecular flexibility index (Phi) is 7.18. The summed E-state index contributed by atoms with van der Waals surface area (Å²) >= 11 is 0. The maximum Gasteiger partial charge on any atom is 0.226 e. The number of ether oxygens (including phenoxy) is 2. The number of hydrogen-bond acceptors (Lipinski definition) is 9. The van der Waals surface area contributed by atoms with Gasteiger partial charge >= 0.3 is 0 Å². The molecule has 3 aromatic rings. The van der Waals surface area contributed by atoms with Gasteiger partial charge in [0.25, 0.3) is 0 Å². The molecule has 1 fully saturated rings. The summed E-state index contributed by atoms with van der Waals surface area (Å²) < 4.78 is 12.1. The molecule has 192 valence electrons. The van der Waals surface area contributed by atoms with Crippen molar-refractivity contribution < 1.29 is 14.6 Å². The van der Waals surface area contributed by atoms with Gasteiger partial charge in [0.1, 0.15) is 23.2 Å². The van der Waals surface area contributed by atoms with Crippen LogP contribution in [0.25, 0.3) is 0 Å². The largest absolute Gasteiger partial charge is 0.504 e. The number of likely N-dealkylation sites (N-methyl/N-ethyl adjacent to an activating group) is 1. The summed E-state index contributed by atoms with van der Waals surface area (Å²) in [6.07, 6.45) is 3.53. The second-order valence-corrected chi connectivity index (χ2v) is 9.25. The van der Waals surface area contributed by atoms with E-state index in [-0.39, 0.29) is 23.2 Å². The number of likely N-dealkylation sites (tertiary alicyclic amines) is 1. The number of nitrogens with zero attached hydrogens (tertiary/aromatic N) is 5. The van der Waals surface area contributed by atoms with E-state index in [4.69, 9.17) is 20.6 Å². The van der Waals surface area contributed by atoms with E-state index >= 15 is 0 Å². The van der Waals surface area contributed by atoms with Crippen LogP contribution in [0.1, 0.15) is 36.2 Å². The van der Waals surface area contributed by atoms with Crippen molar-refractivity contribution >= 4 is 11.7 Å². The van der Waals surface area contributed by atoms with E-state index in [1.807, 2.05) is 31.3 Å². The van der Waals surface area contributed by atoms with Gasteiger partial charge in [-0.1, -0.05) is 18.6 Å². The van der Waals surface area contributed by atoms with Crippen LogP contribution in [0.4, 0.5) is 0 Å². The molecule has 1 aromatic heterocycles. The number of aromatic nitrogens is 2. The Labute approximate surface area is 215 Å². The number of phenols is 1. The summed E-state index contributed by atoms with van der Waals surface area (Å²) in [5.74, 6) is 2.61. The van der Waals surface area contributed by atoms with E-state index in [0.717, 1.165) is 50.4 Å². The molecule has 2 aliphatic heterocycles. The molecule has 2 aliphatic rings. The van der Waals surface area contributed by atoms with Crippen molar-refractivity contribution in [1.82, 2.24) is 19.8 Å². The van der Waals surface area contributed by atoms with Gasteiger partial charge in [-0.2, -0.15) is 9.97 Å². The summed E-state index contributed by atoms with van der Waals surface area (Å²) in [6.45, 7) is 4.22. The molecule has 1 saturated heterocycles. The highest BCUT2D eigenvalue weighted by Crippen LogP contribution is 2.33. The molecule has 10 heteroatoms. The van der Waals surface area contributed by atoms with Crippen LogP contribution in [0.5, 0.6) is 29.0 Å². The number of hydrogen-bond donors (Lipinski definition) is 3. The fourth-order valence-electron chi connectivity index (χ4n) is 4.48. The predicted molar refractivity (Wildman–Crippen MR) is 141 cm³/mol. The molecule has 2 aromatic carbocycles. The van der Waals surface area contributed by atoms with Crippen molar-refractivity contribution in [2.75, 3.05) is 33.2 Å². The SMILES string of the molecule is CN1CCN=C1c1cccc(Oc2cc(Oc3cc(C(=N)N)ccc3O)nc(CN3CCCCC3)n2)c1. The zero-order chi connectivity index (χ0) is 25.8. The zero-order valence-electron chi connectivity index (χ0n) is 20.9. The van der Waals surface area contributed by atoms with Gasteiger partial charge in [0.15, 0.2) is 11.5 Å². The Hall–Kier alpha value is -4.18. The minimum absolute atomic E-state index is 0.0854. The lowest BCUT2D eigenvalue weighted by molar-refractivity contribution is 0.214. The first-order chi connectivity index (χ1) is 17.9. The maximum atomic E-state index is 10.3. The van der Waals surface area contributed by atoms with Crippen LogP contribution in [0, 0.1) is 5.41 Å². The summed E-state index contributed by atoms with van der Waals surface area (Å²) in [7, 11) is 2.02. The monoisotopic (exact) mass is 501 g/mol. The molecule has 0 radical (unpaired) electrons. The zero-order valence-corrected chi connectivity index (χ0v) is 20.9. The quantitative estimate of drug-likeness (QED) is 0.314. The molecule has 0 aliphatic carbocycles. The van der Waals surface area contributed by atoms with Gasteiger partial charge in [-0.05, 0) is 56.3 Å². The van der Waals surface area contributed by atoms with Crippen molar-refractivity contribution in [3.05, 3.63) is 65.5 Å². The minimum atomic E-state index is -0.125. The molecule has 5 rings (SSSR count). The summed E-state index contributed by atoms with van der Waals surface area (Å²) in [6, 6.07) is 13.8. The summed E-state index contributed by atoms with van der Waals surface area (Å²) in [5, 5.41) is 18.0. The fraction of sp³-hybridized carbons (Fsp3) is 0.333. The highest BCUT2D eigenvalue weighted by molar-refractivity contribution is 6.00. The number of piperidine rings is 1. The number of aliphatic imine (C=N–C) groups is 1. The van der Waals surface area contributed by atoms with E-state index in [0.29, 0.717) is 29.6 Å². The third-order valence-corrected chi connectivity index (χ3v) is 6.40. The van der Waals surface area contributed by atoms with Crippen molar-refractivity contribution in [1.29, 1.82) is 5.41 Å². The lowest BCUT2D eigenvalue weighted by Crippen LogP contribution is -2.29. The number of aromatic hydroxyl groups is 1. The van der Waals surface area contributed by atoms with Crippen molar-refractivity contribution in [2.24, 2.45) is 10.7 Å². The lowest BCUT2D eigenvalue weighted by Gasteiger charge is -2.25. The van der Waals surface area contributed by atoms with Gasteiger partial charge in [-0.15, -0.1) is 0 Å². The number of phenolic OH excluding ortho intramolecular Hbond substituents is 1. The fourth-order valence-corrected chi connectivity index (χ4v) is 4.48. The molecule has 0 atom stereocenters. The lowest BCUT2D eigenvalue weighted by atomic mass is 10.1. The number of nitrogen functional groups attached to an aromatic ring is 1. The first kappa shape index (κ1) is 24.5. The van der Waals surface area contributed by atoms with E-state index in [2.05, 4.69) is 24.8 Å². The van der Waals surface area contributed by atoms with E-state index < -0.39 is 0 Å². The molecule has 4 N–H and O–H groups in total. The molecule has 0 bridgehead atoms. The van der Waals surface area contributed by atoms with Crippen molar-refractivity contribution in [3.8, 4) is 29.0 Å². The summed E-state index contributed by atoms with van der Waals surface area (Å²) in [5.41, 5.74) is 7.02. The number of benzene rings is 2. The van der Waals surface area contributed by atoms with Gasteiger partial charge in [0.05, 0.1) is 19.2 Å². The van der Waals surface area contributed by atoms with Gasteiger partial charge in [-0.25, -0.2) is 0 Å². The maximum absolute atomic E-state index is 10.3. The van der Waals surface area contributed by atoms with Gasteiger partial charge < -0.3 is 25.2 Å². The van der Waals surface area contributed by atoms with Crippen LogP contribution in [-0.2, 0) is 6.54 Å².